The van der Waals surface area contributed by atoms with Crippen molar-refractivity contribution in [3.63, 3.8) is 0 Å². The molecule has 0 saturated carbocycles. The summed E-state index contributed by atoms with van der Waals surface area (Å²) < 4.78 is 0. The van der Waals surface area contributed by atoms with Crippen molar-refractivity contribution in [2.75, 3.05) is 13.2 Å². The zero-order valence-corrected chi connectivity index (χ0v) is 5.90. The highest BCUT2D eigenvalue weighted by molar-refractivity contribution is 4.75. The maximum atomic E-state index is 8.30. The number of hydrogen-bond acceptors (Lipinski definition) is 3. The van der Waals surface area contributed by atoms with E-state index in [0.29, 0.717) is 0 Å². The molecule has 0 saturated heterocycles. The van der Waals surface area contributed by atoms with Crippen LogP contribution in [-0.4, -0.2) is 34.6 Å². The van der Waals surface area contributed by atoms with E-state index in [2.05, 4.69) is 13.2 Å². The van der Waals surface area contributed by atoms with Crippen molar-refractivity contribution in [2.24, 2.45) is 0 Å². The van der Waals surface area contributed by atoms with Gasteiger partial charge in [0, 0.05) is 0 Å². The van der Waals surface area contributed by atoms with Crippen LogP contribution < -0.4 is 0 Å². The van der Waals surface area contributed by atoms with Crippen molar-refractivity contribution in [1.29, 1.82) is 0 Å². The normalized spacial score (nSPS) is 10.7. The fourth-order valence-electron chi connectivity index (χ4n) is 0.0745. The first-order valence-electron chi connectivity index (χ1n) is 2.86. The molecule has 0 aromatic heterocycles. The van der Waals surface area contributed by atoms with Crippen LogP contribution in [0.25, 0.3) is 0 Å². The summed E-state index contributed by atoms with van der Waals surface area (Å²) in [6.07, 6.45) is 1.96. The lowest BCUT2D eigenvalue weighted by Crippen LogP contribution is -2.05. The summed E-state index contributed by atoms with van der Waals surface area (Å²) in [5.74, 6) is 0. The molecule has 0 heterocycles. The van der Waals surface area contributed by atoms with Crippen LogP contribution in [0.2, 0.25) is 0 Å². The Kier molecular flexibility index (Phi) is 13.5. The molecule has 0 radical (unpaired) electrons. The quantitative estimate of drug-likeness (QED) is 0.479. The van der Waals surface area contributed by atoms with Crippen LogP contribution in [0.3, 0.4) is 0 Å². The number of aliphatic hydroxyl groups excluding tert-OH is 3. The van der Waals surface area contributed by atoms with Gasteiger partial charge in [-0.15, -0.1) is 13.2 Å². The summed E-state index contributed by atoms with van der Waals surface area (Å²) >= 11 is 0. The van der Waals surface area contributed by atoms with Gasteiger partial charge in [0.1, 0.15) is 0 Å². The Labute approximate surface area is 60.9 Å². The second-order valence-electron chi connectivity index (χ2n) is 1.46. The smallest absolute Gasteiger partial charge is 0.0949 e. The molecule has 0 rings (SSSR count). The molecule has 0 aromatic rings. The van der Waals surface area contributed by atoms with E-state index in [-0.39, 0.29) is 13.2 Å². The minimum Gasteiger partial charge on any atom is -0.393 e. The molecule has 0 fully saturated rings. The summed E-state index contributed by atoms with van der Waals surface area (Å²) in [5.41, 5.74) is 0. The van der Waals surface area contributed by atoms with Crippen LogP contribution in [-0.2, 0) is 0 Å². The fraction of sp³-hybridized carbons (Fsp3) is 0.429. The summed E-state index contributed by atoms with van der Waals surface area (Å²) in [4.78, 5) is 0. The maximum absolute atomic E-state index is 8.30. The van der Waals surface area contributed by atoms with Gasteiger partial charge in [-0.2, -0.15) is 0 Å². The van der Waals surface area contributed by atoms with Crippen LogP contribution in [0.4, 0.5) is 0 Å². The van der Waals surface area contributed by atoms with Gasteiger partial charge in [-0.3, -0.25) is 0 Å². The lowest BCUT2D eigenvalue weighted by atomic mass is 10.4. The minimum atomic E-state index is -0.745. The third kappa shape index (κ3) is 15.7. The summed E-state index contributed by atoms with van der Waals surface area (Å²) in [6, 6.07) is 0. The van der Waals surface area contributed by atoms with Crippen molar-refractivity contribution >= 4 is 0 Å². The van der Waals surface area contributed by atoms with E-state index >= 15 is 0 Å². The Morgan fingerprint density at radius 2 is 1.70 bits per heavy atom. The minimum absolute atomic E-state index is 0.0833. The molecule has 0 aromatic carbocycles. The van der Waals surface area contributed by atoms with Crippen molar-refractivity contribution < 1.29 is 15.3 Å². The Bertz CT molecular complexity index is 80.9. The predicted molar refractivity (Wildman–Crippen MR) is 40.6 cm³/mol. The number of rotatable bonds is 3. The van der Waals surface area contributed by atoms with Gasteiger partial charge in [0.15, 0.2) is 0 Å². The van der Waals surface area contributed by atoms with Crippen molar-refractivity contribution in [3.8, 4) is 0 Å². The van der Waals surface area contributed by atoms with Gasteiger partial charge < -0.3 is 15.3 Å². The molecule has 1 unspecified atom stereocenters. The van der Waals surface area contributed by atoms with Gasteiger partial charge in [-0.25, -0.2) is 0 Å². The average Bonchev–Trinajstić information content (AvgIpc) is 2.03. The maximum Gasteiger partial charge on any atom is 0.0949 e. The SMILES string of the molecule is C=CC(O)CO.C=CCO. The zero-order chi connectivity index (χ0) is 8.41. The summed E-state index contributed by atoms with van der Waals surface area (Å²) in [5, 5.41) is 24.1. The molecule has 0 bridgehead atoms. The zero-order valence-electron chi connectivity index (χ0n) is 5.90. The van der Waals surface area contributed by atoms with Crippen LogP contribution in [0, 0.1) is 0 Å². The molecule has 0 aliphatic rings. The lowest BCUT2D eigenvalue weighted by Gasteiger charge is -1.93. The third-order valence-corrected chi connectivity index (χ3v) is 0.588. The van der Waals surface area contributed by atoms with Crippen LogP contribution >= 0.6 is 0 Å². The second-order valence-corrected chi connectivity index (χ2v) is 1.46. The Morgan fingerprint density at radius 1 is 1.30 bits per heavy atom. The fourth-order valence-corrected chi connectivity index (χ4v) is 0.0745. The molecular weight excluding hydrogens is 132 g/mol. The molecule has 3 N–H and O–H groups in total. The molecular formula is C7H14O3. The summed E-state index contributed by atoms with van der Waals surface area (Å²) in [7, 11) is 0. The van der Waals surface area contributed by atoms with Gasteiger partial charge in [0.05, 0.1) is 19.3 Å². The molecule has 3 heteroatoms. The van der Waals surface area contributed by atoms with Crippen LogP contribution in [0.15, 0.2) is 25.3 Å². The molecule has 0 spiro atoms. The van der Waals surface area contributed by atoms with Gasteiger partial charge in [-0.1, -0.05) is 12.2 Å². The van der Waals surface area contributed by atoms with E-state index < -0.39 is 6.10 Å². The molecule has 10 heavy (non-hydrogen) atoms. The van der Waals surface area contributed by atoms with Crippen molar-refractivity contribution in [1.82, 2.24) is 0 Å². The van der Waals surface area contributed by atoms with Gasteiger partial charge in [0.2, 0.25) is 0 Å². The monoisotopic (exact) mass is 146 g/mol. The predicted octanol–water partition coefficient (Wildman–Crippen LogP) is -0.310. The largest absolute Gasteiger partial charge is 0.393 e. The van der Waals surface area contributed by atoms with Crippen LogP contribution in [0.1, 0.15) is 0 Å². The lowest BCUT2D eigenvalue weighted by molar-refractivity contribution is 0.131. The standard InChI is InChI=1S/C4H8O2.C3H6O/c1-2-4(6)3-5;1-2-3-4/h2,4-6H,1,3H2;2,4H,1,3H2. The van der Waals surface area contributed by atoms with E-state index in [1.165, 1.54) is 12.2 Å². The average molecular weight is 146 g/mol. The highest BCUT2D eigenvalue weighted by Gasteiger charge is 1.87. The number of aliphatic hydroxyl groups is 3. The van der Waals surface area contributed by atoms with Gasteiger partial charge in [0.25, 0.3) is 0 Å². The highest BCUT2D eigenvalue weighted by Crippen LogP contribution is 1.75. The first-order chi connectivity index (χ1) is 4.72. The van der Waals surface area contributed by atoms with E-state index in [4.69, 9.17) is 15.3 Å². The first kappa shape index (κ1) is 12.1. The van der Waals surface area contributed by atoms with Gasteiger partial charge >= 0.3 is 0 Å². The highest BCUT2D eigenvalue weighted by atomic mass is 16.3. The van der Waals surface area contributed by atoms with Crippen molar-refractivity contribution in [2.45, 2.75) is 6.10 Å². The molecule has 60 valence electrons. The van der Waals surface area contributed by atoms with Crippen molar-refractivity contribution in [3.05, 3.63) is 25.3 Å². The molecule has 0 aliphatic heterocycles. The van der Waals surface area contributed by atoms with E-state index in [9.17, 15) is 0 Å². The topological polar surface area (TPSA) is 60.7 Å². The van der Waals surface area contributed by atoms with E-state index in [1.54, 1.807) is 0 Å². The van der Waals surface area contributed by atoms with Gasteiger partial charge in [-0.05, 0) is 0 Å². The Balaban J connectivity index is 0. The van der Waals surface area contributed by atoms with Crippen LogP contribution in [0.5, 0.6) is 0 Å². The Hall–Kier alpha value is -0.640. The number of hydrogen-bond donors (Lipinski definition) is 3. The van der Waals surface area contributed by atoms with E-state index in [0.717, 1.165) is 0 Å². The first-order valence-corrected chi connectivity index (χ1v) is 2.86. The second kappa shape index (κ2) is 11.2. The molecule has 1 atom stereocenters. The molecule has 3 nitrogen and oxygen atoms in total. The molecule has 0 aliphatic carbocycles. The summed E-state index contributed by atoms with van der Waals surface area (Å²) in [6.45, 7) is 6.30. The van der Waals surface area contributed by atoms with E-state index in [1.807, 2.05) is 0 Å². The third-order valence-electron chi connectivity index (χ3n) is 0.588. The Morgan fingerprint density at radius 3 is 1.70 bits per heavy atom. The molecule has 0 amide bonds.